The molecule has 1 aromatic heterocycles. The predicted molar refractivity (Wildman–Crippen MR) is 68.7 cm³/mol. The summed E-state index contributed by atoms with van der Waals surface area (Å²) in [7, 11) is 0. The average molecular weight is 264 g/mol. The van der Waals surface area contributed by atoms with Crippen LogP contribution in [0.3, 0.4) is 0 Å². The maximum Gasteiger partial charge on any atom is 0.222 e. The molecule has 2 N–H and O–H groups in total. The van der Waals surface area contributed by atoms with Gasteiger partial charge in [-0.15, -0.1) is 10.2 Å². The molecule has 0 bridgehead atoms. The number of thioether (sulfide) groups is 1. The number of benzene rings is 1. The van der Waals surface area contributed by atoms with Crippen molar-refractivity contribution in [1.82, 2.24) is 14.8 Å². The van der Waals surface area contributed by atoms with E-state index in [0.29, 0.717) is 17.7 Å². The third-order valence-electron chi connectivity index (χ3n) is 2.86. The summed E-state index contributed by atoms with van der Waals surface area (Å²) in [6.45, 7) is 0. The van der Waals surface area contributed by atoms with E-state index in [2.05, 4.69) is 10.2 Å². The molecule has 2 aromatic rings. The van der Waals surface area contributed by atoms with E-state index in [-0.39, 0.29) is 5.82 Å². The van der Waals surface area contributed by atoms with E-state index < -0.39 is 0 Å². The fourth-order valence-electron chi connectivity index (χ4n) is 1.84. The highest BCUT2D eigenvalue weighted by molar-refractivity contribution is 7.98. The first-order valence-electron chi connectivity index (χ1n) is 5.81. The molecular formula is C12H13FN4S. The Kier molecular flexibility index (Phi) is 2.95. The van der Waals surface area contributed by atoms with Gasteiger partial charge in [-0.25, -0.2) is 4.39 Å². The van der Waals surface area contributed by atoms with Crippen LogP contribution in [0.1, 0.15) is 24.4 Å². The van der Waals surface area contributed by atoms with Gasteiger partial charge in [0.1, 0.15) is 5.82 Å². The summed E-state index contributed by atoms with van der Waals surface area (Å²) >= 11 is 1.54. The van der Waals surface area contributed by atoms with Crippen LogP contribution in [-0.2, 0) is 5.75 Å². The van der Waals surface area contributed by atoms with Crippen molar-refractivity contribution in [3.05, 3.63) is 35.6 Å². The molecule has 1 fully saturated rings. The van der Waals surface area contributed by atoms with Crippen molar-refractivity contribution in [3.8, 4) is 0 Å². The second-order valence-corrected chi connectivity index (χ2v) is 5.30. The summed E-state index contributed by atoms with van der Waals surface area (Å²) in [5.74, 6) is 0.929. The lowest BCUT2D eigenvalue weighted by atomic mass is 10.2. The van der Waals surface area contributed by atoms with Crippen molar-refractivity contribution < 1.29 is 4.39 Å². The fraction of sp³-hybridized carbons (Fsp3) is 0.333. The smallest absolute Gasteiger partial charge is 0.222 e. The van der Waals surface area contributed by atoms with Gasteiger partial charge in [0.05, 0.1) is 0 Å². The van der Waals surface area contributed by atoms with Gasteiger partial charge >= 0.3 is 0 Å². The van der Waals surface area contributed by atoms with Crippen LogP contribution in [0.15, 0.2) is 29.4 Å². The Morgan fingerprint density at radius 2 is 2.22 bits per heavy atom. The standard InChI is InChI=1S/C12H13FN4S/c13-9-3-1-2-8(6-9)7-18-12-16-15-11(14)17(12)10-4-5-10/h1-3,6,10H,4-5,7H2,(H2,14,15). The Balaban J connectivity index is 1.73. The van der Waals surface area contributed by atoms with Crippen molar-refractivity contribution >= 4 is 17.7 Å². The molecule has 1 aliphatic rings. The first-order chi connectivity index (χ1) is 8.74. The third kappa shape index (κ3) is 2.33. The normalized spacial score (nSPS) is 14.9. The van der Waals surface area contributed by atoms with E-state index in [4.69, 9.17) is 5.73 Å². The molecule has 18 heavy (non-hydrogen) atoms. The van der Waals surface area contributed by atoms with Crippen LogP contribution >= 0.6 is 11.8 Å². The summed E-state index contributed by atoms with van der Waals surface area (Å²) in [5, 5.41) is 8.79. The number of hydrogen-bond donors (Lipinski definition) is 1. The molecule has 1 aromatic carbocycles. The zero-order chi connectivity index (χ0) is 12.5. The predicted octanol–water partition coefficient (Wildman–Crippen LogP) is 2.63. The van der Waals surface area contributed by atoms with Crippen LogP contribution in [0.5, 0.6) is 0 Å². The molecule has 1 saturated carbocycles. The number of hydrogen-bond acceptors (Lipinski definition) is 4. The van der Waals surface area contributed by atoms with E-state index in [1.807, 2.05) is 10.6 Å². The molecule has 94 valence electrons. The van der Waals surface area contributed by atoms with E-state index in [1.165, 1.54) is 12.1 Å². The topological polar surface area (TPSA) is 56.7 Å². The van der Waals surface area contributed by atoms with E-state index in [9.17, 15) is 4.39 Å². The Morgan fingerprint density at radius 3 is 2.94 bits per heavy atom. The maximum absolute atomic E-state index is 13.1. The Labute approximate surface area is 108 Å². The Morgan fingerprint density at radius 1 is 1.39 bits per heavy atom. The summed E-state index contributed by atoms with van der Waals surface area (Å²) in [6.07, 6.45) is 2.27. The van der Waals surface area contributed by atoms with Crippen molar-refractivity contribution in [2.24, 2.45) is 0 Å². The maximum atomic E-state index is 13.1. The summed E-state index contributed by atoms with van der Waals surface area (Å²) < 4.78 is 15.0. The average Bonchev–Trinajstić information content (AvgIpc) is 3.11. The van der Waals surface area contributed by atoms with Gasteiger partial charge in [0.2, 0.25) is 5.95 Å². The molecule has 6 heteroatoms. The first-order valence-corrected chi connectivity index (χ1v) is 6.80. The quantitative estimate of drug-likeness (QED) is 0.862. The molecule has 4 nitrogen and oxygen atoms in total. The van der Waals surface area contributed by atoms with Gasteiger partial charge in [-0.3, -0.25) is 4.57 Å². The van der Waals surface area contributed by atoms with Gasteiger partial charge < -0.3 is 5.73 Å². The van der Waals surface area contributed by atoms with Crippen LogP contribution in [0.2, 0.25) is 0 Å². The number of aromatic nitrogens is 3. The highest BCUT2D eigenvalue weighted by Crippen LogP contribution is 2.39. The SMILES string of the molecule is Nc1nnc(SCc2cccc(F)c2)n1C1CC1. The highest BCUT2D eigenvalue weighted by atomic mass is 32.2. The zero-order valence-corrected chi connectivity index (χ0v) is 10.5. The number of nitrogen functional groups attached to an aromatic ring is 1. The van der Waals surface area contributed by atoms with Crippen molar-refractivity contribution in [3.63, 3.8) is 0 Å². The second-order valence-electron chi connectivity index (χ2n) is 4.36. The van der Waals surface area contributed by atoms with Gasteiger partial charge in [-0.2, -0.15) is 0 Å². The van der Waals surface area contributed by atoms with Crippen LogP contribution < -0.4 is 5.73 Å². The molecule has 0 unspecified atom stereocenters. The minimum atomic E-state index is -0.212. The number of nitrogens with two attached hydrogens (primary N) is 1. The third-order valence-corrected chi connectivity index (χ3v) is 3.87. The van der Waals surface area contributed by atoms with Crippen LogP contribution in [0.4, 0.5) is 10.3 Å². The molecule has 3 rings (SSSR count). The molecule has 1 aliphatic carbocycles. The number of anilines is 1. The molecule has 0 aliphatic heterocycles. The molecule has 0 radical (unpaired) electrons. The summed E-state index contributed by atoms with van der Waals surface area (Å²) in [5.41, 5.74) is 6.73. The molecule has 1 heterocycles. The van der Waals surface area contributed by atoms with Crippen LogP contribution in [-0.4, -0.2) is 14.8 Å². The first kappa shape index (κ1) is 11.5. The van der Waals surface area contributed by atoms with Gasteiger partial charge in [0.15, 0.2) is 5.16 Å². The summed E-state index contributed by atoms with van der Waals surface area (Å²) in [4.78, 5) is 0. The second kappa shape index (κ2) is 4.61. The molecule has 0 saturated heterocycles. The number of nitrogens with zero attached hydrogens (tertiary/aromatic N) is 3. The fourth-order valence-corrected chi connectivity index (χ4v) is 2.79. The lowest BCUT2D eigenvalue weighted by Gasteiger charge is -2.05. The van der Waals surface area contributed by atoms with Crippen molar-refractivity contribution in [2.45, 2.75) is 29.8 Å². The van der Waals surface area contributed by atoms with Crippen molar-refractivity contribution in [1.29, 1.82) is 0 Å². The van der Waals surface area contributed by atoms with E-state index >= 15 is 0 Å². The Hall–Kier alpha value is -1.56. The minimum Gasteiger partial charge on any atom is -0.368 e. The number of halogens is 1. The van der Waals surface area contributed by atoms with Gasteiger partial charge in [0, 0.05) is 11.8 Å². The van der Waals surface area contributed by atoms with Gasteiger partial charge in [-0.1, -0.05) is 23.9 Å². The monoisotopic (exact) mass is 264 g/mol. The van der Waals surface area contributed by atoms with E-state index in [1.54, 1.807) is 17.8 Å². The lowest BCUT2D eigenvalue weighted by Crippen LogP contribution is -2.02. The van der Waals surface area contributed by atoms with Crippen LogP contribution in [0.25, 0.3) is 0 Å². The molecule has 0 spiro atoms. The largest absolute Gasteiger partial charge is 0.368 e. The number of rotatable bonds is 4. The zero-order valence-electron chi connectivity index (χ0n) is 9.71. The van der Waals surface area contributed by atoms with Crippen LogP contribution in [0, 0.1) is 5.82 Å². The van der Waals surface area contributed by atoms with Gasteiger partial charge in [-0.05, 0) is 30.5 Å². The van der Waals surface area contributed by atoms with Gasteiger partial charge in [0.25, 0.3) is 0 Å². The molecular weight excluding hydrogens is 251 g/mol. The minimum absolute atomic E-state index is 0.212. The molecule has 0 amide bonds. The summed E-state index contributed by atoms with van der Waals surface area (Å²) in [6, 6.07) is 7.05. The van der Waals surface area contributed by atoms with E-state index in [0.717, 1.165) is 23.6 Å². The Bertz CT molecular complexity index is 565. The molecule has 0 atom stereocenters. The lowest BCUT2D eigenvalue weighted by molar-refractivity contribution is 0.626. The highest BCUT2D eigenvalue weighted by Gasteiger charge is 2.28. The van der Waals surface area contributed by atoms with Crippen molar-refractivity contribution in [2.75, 3.05) is 5.73 Å².